The van der Waals surface area contributed by atoms with Crippen LogP contribution in [0.5, 0.6) is 17.2 Å². The normalized spacial score (nSPS) is 15.7. The number of alkyl halides is 3. The maximum Gasteiger partial charge on any atom is 0.416 e. The van der Waals surface area contributed by atoms with Crippen LogP contribution in [0.3, 0.4) is 0 Å². The van der Waals surface area contributed by atoms with Crippen molar-refractivity contribution in [1.29, 1.82) is 5.41 Å². The van der Waals surface area contributed by atoms with Gasteiger partial charge < -0.3 is 14.2 Å². The van der Waals surface area contributed by atoms with Crippen molar-refractivity contribution in [2.75, 3.05) is 26.2 Å². The molecule has 1 heterocycles. The highest BCUT2D eigenvalue weighted by Gasteiger charge is 2.36. The lowest BCUT2D eigenvalue weighted by molar-refractivity contribution is -0.137. The van der Waals surface area contributed by atoms with Gasteiger partial charge in [-0.3, -0.25) is 15.1 Å². The minimum Gasteiger partial charge on any atom is -0.493 e. The molecule has 1 aliphatic heterocycles. The first-order valence-electron chi connectivity index (χ1n) is 8.49. The summed E-state index contributed by atoms with van der Waals surface area (Å²) in [7, 11) is 4.37. The number of anilines is 1. The number of halogens is 3. The molecule has 1 aliphatic rings. The number of amidine groups is 1. The summed E-state index contributed by atoms with van der Waals surface area (Å²) in [5.74, 6) is 0.539. The van der Waals surface area contributed by atoms with Gasteiger partial charge in [-0.05, 0) is 53.7 Å². The predicted molar refractivity (Wildman–Crippen MR) is 108 cm³/mol. The number of nitrogens with zero attached hydrogens (tertiary/aromatic N) is 1. The van der Waals surface area contributed by atoms with Gasteiger partial charge in [-0.1, -0.05) is 6.07 Å². The van der Waals surface area contributed by atoms with Crippen LogP contribution in [-0.4, -0.2) is 32.4 Å². The second-order valence-corrected chi connectivity index (χ2v) is 7.09. The number of thioether (sulfide) groups is 1. The molecule has 0 spiro atoms. The number of amides is 1. The van der Waals surface area contributed by atoms with Crippen LogP contribution in [0, 0.1) is 5.41 Å². The average molecular weight is 438 g/mol. The third-order valence-electron chi connectivity index (χ3n) is 4.24. The lowest BCUT2D eigenvalue weighted by Crippen LogP contribution is -2.28. The predicted octanol–water partition coefficient (Wildman–Crippen LogP) is 4.79. The first-order valence-corrected chi connectivity index (χ1v) is 9.31. The Hall–Kier alpha value is -3.14. The van der Waals surface area contributed by atoms with E-state index < -0.39 is 17.6 Å². The van der Waals surface area contributed by atoms with Crippen LogP contribution >= 0.6 is 11.8 Å². The fourth-order valence-corrected chi connectivity index (χ4v) is 3.74. The Balaban J connectivity index is 1.98. The molecule has 0 radical (unpaired) electrons. The quantitative estimate of drug-likeness (QED) is 0.680. The van der Waals surface area contributed by atoms with Gasteiger partial charge in [0.25, 0.3) is 5.91 Å². The van der Waals surface area contributed by atoms with Crippen molar-refractivity contribution in [3.05, 3.63) is 52.4 Å². The molecule has 0 aliphatic carbocycles. The van der Waals surface area contributed by atoms with Crippen molar-refractivity contribution in [3.8, 4) is 17.2 Å². The Morgan fingerprint density at radius 1 is 1.03 bits per heavy atom. The van der Waals surface area contributed by atoms with E-state index in [1.54, 1.807) is 12.1 Å². The molecule has 1 saturated heterocycles. The van der Waals surface area contributed by atoms with Crippen LogP contribution in [0.4, 0.5) is 18.9 Å². The van der Waals surface area contributed by atoms with Gasteiger partial charge in [0.05, 0.1) is 37.5 Å². The van der Waals surface area contributed by atoms with Crippen LogP contribution in [0.25, 0.3) is 6.08 Å². The minimum atomic E-state index is -4.55. The Kier molecular flexibility index (Phi) is 5.97. The van der Waals surface area contributed by atoms with E-state index in [1.807, 2.05) is 0 Å². The van der Waals surface area contributed by atoms with Gasteiger partial charge in [0.15, 0.2) is 16.7 Å². The van der Waals surface area contributed by atoms with Gasteiger partial charge in [0.2, 0.25) is 5.75 Å². The van der Waals surface area contributed by atoms with Crippen molar-refractivity contribution >= 4 is 34.6 Å². The lowest BCUT2D eigenvalue weighted by Gasteiger charge is -2.16. The molecule has 3 rings (SSSR count). The molecule has 0 aromatic heterocycles. The number of carbonyl (C=O) groups is 1. The lowest BCUT2D eigenvalue weighted by atomic mass is 10.1. The SMILES string of the molecule is COc1cc(/C=C2\SC(=N)N(c3cccc(C(F)(F)F)c3)C2=O)cc(OC)c1OC. The van der Waals surface area contributed by atoms with Crippen molar-refractivity contribution in [2.24, 2.45) is 0 Å². The summed E-state index contributed by atoms with van der Waals surface area (Å²) in [4.78, 5) is 13.9. The molecule has 30 heavy (non-hydrogen) atoms. The molecule has 2 aromatic rings. The monoisotopic (exact) mass is 438 g/mol. The second-order valence-electron chi connectivity index (χ2n) is 6.06. The Morgan fingerprint density at radius 2 is 1.67 bits per heavy atom. The van der Waals surface area contributed by atoms with Crippen molar-refractivity contribution in [1.82, 2.24) is 0 Å². The van der Waals surface area contributed by atoms with Gasteiger partial charge in [-0.25, -0.2) is 0 Å². The van der Waals surface area contributed by atoms with Gasteiger partial charge in [-0.15, -0.1) is 0 Å². The van der Waals surface area contributed by atoms with Crippen molar-refractivity contribution in [2.45, 2.75) is 6.18 Å². The summed E-state index contributed by atoms with van der Waals surface area (Å²) in [5.41, 5.74) is -0.382. The molecular formula is C20H17F3N2O4S. The molecule has 0 atom stereocenters. The van der Waals surface area contributed by atoms with Crippen LogP contribution < -0.4 is 19.1 Å². The van der Waals surface area contributed by atoms with E-state index in [9.17, 15) is 18.0 Å². The van der Waals surface area contributed by atoms with Crippen LogP contribution in [0.15, 0.2) is 41.3 Å². The summed E-state index contributed by atoms with van der Waals surface area (Å²) in [6.45, 7) is 0. The molecular weight excluding hydrogens is 421 g/mol. The molecule has 0 saturated carbocycles. The smallest absolute Gasteiger partial charge is 0.416 e. The number of methoxy groups -OCH3 is 3. The molecule has 1 amide bonds. The average Bonchev–Trinajstić information content (AvgIpc) is 2.99. The van der Waals surface area contributed by atoms with E-state index in [-0.39, 0.29) is 15.8 Å². The maximum atomic E-state index is 13.0. The second kappa shape index (κ2) is 8.31. The van der Waals surface area contributed by atoms with Crippen molar-refractivity contribution < 1.29 is 32.2 Å². The van der Waals surface area contributed by atoms with Crippen LogP contribution in [-0.2, 0) is 11.0 Å². The van der Waals surface area contributed by atoms with E-state index in [4.69, 9.17) is 19.6 Å². The molecule has 6 nitrogen and oxygen atoms in total. The zero-order valence-electron chi connectivity index (χ0n) is 16.2. The first-order chi connectivity index (χ1) is 14.2. The number of benzene rings is 2. The Bertz CT molecular complexity index is 1010. The summed E-state index contributed by atoms with van der Waals surface area (Å²) < 4.78 is 54.9. The summed E-state index contributed by atoms with van der Waals surface area (Å²) in [6.07, 6.45) is -3.04. The maximum absolute atomic E-state index is 13.0. The van der Waals surface area contributed by atoms with Gasteiger partial charge in [-0.2, -0.15) is 13.2 Å². The van der Waals surface area contributed by atoms with Crippen molar-refractivity contribution in [3.63, 3.8) is 0 Å². The highest BCUT2D eigenvalue weighted by Crippen LogP contribution is 2.41. The fourth-order valence-electron chi connectivity index (χ4n) is 2.88. The topological polar surface area (TPSA) is 71.9 Å². The minimum absolute atomic E-state index is 0.0272. The van der Waals surface area contributed by atoms with Gasteiger partial charge in [0, 0.05) is 0 Å². The number of hydrogen-bond donors (Lipinski definition) is 1. The molecule has 1 fully saturated rings. The summed E-state index contributed by atoms with van der Waals surface area (Å²) >= 11 is 0.848. The highest BCUT2D eigenvalue weighted by atomic mass is 32.2. The molecule has 0 bridgehead atoms. The standard InChI is InChI=1S/C20H17F3N2O4S/c1-27-14-7-11(8-15(28-2)17(14)29-3)9-16-18(26)25(19(24)30-16)13-6-4-5-12(10-13)20(21,22)23/h4-10,24H,1-3H3/b16-9-,24-19?. The first kappa shape index (κ1) is 21.6. The third-order valence-corrected chi connectivity index (χ3v) is 5.13. The van der Waals surface area contributed by atoms with Gasteiger partial charge >= 0.3 is 6.18 Å². The number of nitrogens with one attached hydrogen (secondary N) is 1. The largest absolute Gasteiger partial charge is 0.493 e. The number of hydrogen-bond acceptors (Lipinski definition) is 6. The molecule has 2 aromatic carbocycles. The zero-order valence-corrected chi connectivity index (χ0v) is 17.0. The van der Waals surface area contributed by atoms with E-state index in [0.717, 1.165) is 28.8 Å². The van der Waals surface area contributed by atoms with E-state index in [2.05, 4.69) is 0 Å². The van der Waals surface area contributed by atoms with Crippen LogP contribution in [0.1, 0.15) is 11.1 Å². The molecule has 1 N–H and O–H groups in total. The Morgan fingerprint density at radius 3 is 2.20 bits per heavy atom. The zero-order chi connectivity index (χ0) is 22.1. The van der Waals surface area contributed by atoms with Crippen LogP contribution in [0.2, 0.25) is 0 Å². The molecule has 0 unspecified atom stereocenters. The van der Waals surface area contributed by atoms with E-state index in [1.165, 1.54) is 39.5 Å². The summed E-state index contributed by atoms with van der Waals surface area (Å²) in [6, 6.07) is 7.55. The van der Waals surface area contributed by atoms with E-state index >= 15 is 0 Å². The number of ether oxygens (including phenoxy) is 3. The number of carbonyl (C=O) groups excluding carboxylic acids is 1. The van der Waals surface area contributed by atoms with E-state index in [0.29, 0.717) is 22.8 Å². The fraction of sp³-hybridized carbons (Fsp3) is 0.200. The molecule has 10 heteroatoms. The molecule has 158 valence electrons. The number of rotatable bonds is 5. The Labute approximate surface area is 174 Å². The highest BCUT2D eigenvalue weighted by molar-refractivity contribution is 8.19. The van der Waals surface area contributed by atoms with Gasteiger partial charge in [0.1, 0.15) is 0 Å². The third kappa shape index (κ3) is 4.09. The summed E-state index contributed by atoms with van der Waals surface area (Å²) in [5, 5.41) is 7.90.